The van der Waals surface area contributed by atoms with E-state index in [-0.39, 0.29) is 30.4 Å². The van der Waals surface area contributed by atoms with Crippen molar-refractivity contribution in [1.29, 1.82) is 0 Å². The van der Waals surface area contributed by atoms with Gasteiger partial charge in [-0.1, -0.05) is 38.5 Å². The third-order valence-electron chi connectivity index (χ3n) is 5.22. The monoisotopic (exact) mass is 370 g/mol. The summed E-state index contributed by atoms with van der Waals surface area (Å²) in [6.07, 6.45) is 8.00. The number of nitrogens with one attached hydrogen (secondary N) is 1. The summed E-state index contributed by atoms with van der Waals surface area (Å²) in [7, 11) is 0. The minimum absolute atomic E-state index is 0.0258. The first-order valence-electron chi connectivity index (χ1n) is 9.87. The number of fused-ring (bicyclic) bond motifs is 1. The number of benzene rings is 1. The molecule has 0 saturated heterocycles. The van der Waals surface area contributed by atoms with E-state index in [1.54, 1.807) is 4.90 Å². The van der Waals surface area contributed by atoms with Crippen molar-refractivity contribution < 1.29 is 14.3 Å². The molecule has 2 amide bonds. The number of carbonyl (C=O) groups is 2. The quantitative estimate of drug-likeness (QED) is 0.804. The molecule has 1 aliphatic carbocycles. The second-order valence-electron chi connectivity index (χ2n) is 8.41. The summed E-state index contributed by atoms with van der Waals surface area (Å²) in [6.45, 7) is 6.99. The maximum atomic E-state index is 12.4. The highest BCUT2D eigenvalue weighted by molar-refractivity contribution is 6.02. The van der Waals surface area contributed by atoms with Crippen molar-refractivity contribution in [3.8, 4) is 5.75 Å². The molecule has 0 saturated carbocycles. The third kappa shape index (κ3) is 4.90. The summed E-state index contributed by atoms with van der Waals surface area (Å²) < 4.78 is 5.55. The molecule has 3 rings (SSSR count). The zero-order valence-electron chi connectivity index (χ0n) is 16.6. The Morgan fingerprint density at radius 3 is 2.78 bits per heavy atom. The molecular formula is C22H30N2O3. The van der Waals surface area contributed by atoms with E-state index in [0.717, 1.165) is 24.8 Å². The molecule has 1 aromatic carbocycles. The SMILES string of the molecule is CC(C)(C)c1ccc2c(c1)N(CC(=O)NCCC1=CCCCC1)C(=O)CO2. The van der Waals surface area contributed by atoms with Gasteiger partial charge in [0, 0.05) is 6.54 Å². The Hall–Kier alpha value is -2.30. The average Bonchev–Trinajstić information content (AvgIpc) is 2.64. The van der Waals surface area contributed by atoms with Crippen LogP contribution in [0, 0.1) is 0 Å². The molecule has 1 aliphatic heterocycles. The van der Waals surface area contributed by atoms with Crippen molar-refractivity contribution in [2.45, 2.75) is 58.3 Å². The van der Waals surface area contributed by atoms with Crippen molar-refractivity contribution in [2.24, 2.45) is 0 Å². The van der Waals surface area contributed by atoms with Gasteiger partial charge in [0.25, 0.3) is 5.91 Å². The van der Waals surface area contributed by atoms with E-state index in [0.29, 0.717) is 18.0 Å². The van der Waals surface area contributed by atoms with Gasteiger partial charge in [-0.2, -0.15) is 0 Å². The van der Waals surface area contributed by atoms with Gasteiger partial charge in [0.2, 0.25) is 5.91 Å². The van der Waals surface area contributed by atoms with Crippen molar-refractivity contribution in [1.82, 2.24) is 5.32 Å². The average molecular weight is 370 g/mol. The molecule has 0 atom stereocenters. The molecule has 146 valence electrons. The fourth-order valence-electron chi connectivity index (χ4n) is 3.54. The number of hydrogen-bond acceptors (Lipinski definition) is 3. The van der Waals surface area contributed by atoms with Crippen LogP contribution in [0.4, 0.5) is 5.69 Å². The minimum Gasteiger partial charge on any atom is -0.482 e. The number of anilines is 1. The first-order valence-corrected chi connectivity index (χ1v) is 9.87. The van der Waals surface area contributed by atoms with Crippen LogP contribution >= 0.6 is 0 Å². The van der Waals surface area contributed by atoms with Gasteiger partial charge in [-0.15, -0.1) is 0 Å². The lowest BCUT2D eigenvalue weighted by molar-refractivity contribution is -0.125. The lowest BCUT2D eigenvalue weighted by Gasteiger charge is -2.31. The molecule has 0 spiro atoms. The van der Waals surface area contributed by atoms with Crippen molar-refractivity contribution in [2.75, 3.05) is 24.6 Å². The van der Waals surface area contributed by atoms with Gasteiger partial charge in [0.15, 0.2) is 6.61 Å². The molecule has 27 heavy (non-hydrogen) atoms. The Bertz CT molecular complexity index is 746. The van der Waals surface area contributed by atoms with Gasteiger partial charge in [0.05, 0.1) is 5.69 Å². The molecule has 0 radical (unpaired) electrons. The zero-order chi connectivity index (χ0) is 19.4. The van der Waals surface area contributed by atoms with Gasteiger partial charge in [-0.05, 0) is 55.2 Å². The molecule has 0 bridgehead atoms. The number of hydrogen-bond donors (Lipinski definition) is 1. The van der Waals surface area contributed by atoms with Crippen LogP contribution in [-0.2, 0) is 15.0 Å². The normalized spacial score (nSPS) is 17.1. The predicted octanol–water partition coefficient (Wildman–Crippen LogP) is 3.72. The zero-order valence-corrected chi connectivity index (χ0v) is 16.6. The Labute approximate surface area is 161 Å². The first-order chi connectivity index (χ1) is 12.8. The smallest absolute Gasteiger partial charge is 0.265 e. The molecular weight excluding hydrogens is 340 g/mol. The molecule has 5 heteroatoms. The maximum absolute atomic E-state index is 12.4. The Balaban J connectivity index is 1.64. The first kappa shape index (κ1) is 19.5. The second kappa shape index (κ2) is 8.15. The summed E-state index contributed by atoms with van der Waals surface area (Å²) in [5.74, 6) is 0.343. The lowest BCUT2D eigenvalue weighted by atomic mass is 9.86. The molecule has 0 fully saturated rings. The van der Waals surface area contributed by atoms with E-state index in [1.165, 1.54) is 18.4 Å². The third-order valence-corrected chi connectivity index (χ3v) is 5.22. The van der Waals surface area contributed by atoms with Crippen LogP contribution in [0.1, 0.15) is 58.4 Å². The predicted molar refractivity (Wildman–Crippen MR) is 107 cm³/mol. The van der Waals surface area contributed by atoms with Gasteiger partial charge >= 0.3 is 0 Å². The van der Waals surface area contributed by atoms with Crippen molar-refractivity contribution >= 4 is 17.5 Å². The van der Waals surface area contributed by atoms with E-state index < -0.39 is 0 Å². The lowest BCUT2D eigenvalue weighted by Crippen LogP contribution is -2.45. The largest absolute Gasteiger partial charge is 0.482 e. The van der Waals surface area contributed by atoms with Crippen LogP contribution in [0.2, 0.25) is 0 Å². The number of amides is 2. The summed E-state index contributed by atoms with van der Waals surface area (Å²) in [5.41, 5.74) is 3.18. The van der Waals surface area contributed by atoms with Gasteiger partial charge in [-0.3, -0.25) is 14.5 Å². The fourth-order valence-corrected chi connectivity index (χ4v) is 3.54. The Kier molecular flexibility index (Phi) is 5.88. The van der Waals surface area contributed by atoms with E-state index in [4.69, 9.17) is 4.74 Å². The highest BCUT2D eigenvalue weighted by atomic mass is 16.5. The van der Waals surface area contributed by atoms with E-state index >= 15 is 0 Å². The number of nitrogens with zero attached hydrogens (tertiary/aromatic N) is 1. The van der Waals surface area contributed by atoms with Gasteiger partial charge in [0.1, 0.15) is 12.3 Å². The van der Waals surface area contributed by atoms with E-state index in [1.807, 2.05) is 18.2 Å². The number of ether oxygens (including phenoxy) is 1. The molecule has 1 N–H and O–H groups in total. The molecule has 0 aromatic heterocycles. The standard InChI is InChI=1S/C22H30N2O3/c1-22(2,3)17-9-10-19-18(13-17)24(21(26)15-27-19)14-20(25)23-12-11-16-7-5-4-6-8-16/h7,9-10,13H,4-6,8,11-12,14-15H2,1-3H3,(H,23,25). The van der Waals surface area contributed by atoms with Crippen LogP contribution < -0.4 is 15.0 Å². The van der Waals surface area contributed by atoms with Crippen LogP contribution in [0.25, 0.3) is 0 Å². The maximum Gasteiger partial charge on any atom is 0.265 e. The minimum atomic E-state index is -0.182. The van der Waals surface area contributed by atoms with Gasteiger partial charge in [-0.25, -0.2) is 0 Å². The highest BCUT2D eigenvalue weighted by Crippen LogP contribution is 2.36. The van der Waals surface area contributed by atoms with Crippen LogP contribution in [0.15, 0.2) is 29.8 Å². The summed E-state index contributed by atoms with van der Waals surface area (Å²) >= 11 is 0. The Morgan fingerprint density at radius 2 is 2.07 bits per heavy atom. The number of carbonyl (C=O) groups excluding carboxylic acids is 2. The molecule has 1 heterocycles. The van der Waals surface area contributed by atoms with Crippen LogP contribution in [0.3, 0.4) is 0 Å². The van der Waals surface area contributed by atoms with Crippen molar-refractivity contribution in [3.63, 3.8) is 0 Å². The number of allylic oxidation sites excluding steroid dienone is 1. The topological polar surface area (TPSA) is 58.6 Å². The van der Waals surface area contributed by atoms with E-state index in [9.17, 15) is 9.59 Å². The summed E-state index contributed by atoms with van der Waals surface area (Å²) in [5, 5.41) is 2.96. The van der Waals surface area contributed by atoms with Crippen LogP contribution in [-0.4, -0.2) is 31.5 Å². The molecule has 5 nitrogen and oxygen atoms in total. The van der Waals surface area contributed by atoms with Crippen molar-refractivity contribution in [3.05, 3.63) is 35.4 Å². The highest BCUT2D eigenvalue weighted by Gasteiger charge is 2.29. The number of rotatable bonds is 5. The molecule has 2 aliphatic rings. The second-order valence-corrected chi connectivity index (χ2v) is 8.41. The Morgan fingerprint density at radius 1 is 1.26 bits per heavy atom. The fraction of sp³-hybridized carbons (Fsp3) is 0.545. The van der Waals surface area contributed by atoms with Crippen LogP contribution in [0.5, 0.6) is 5.75 Å². The summed E-state index contributed by atoms with van der Waals surface area (Å²) in [6, 6.07) is 5.88. The molecule has 1 aromatic rings. The van der Waals surface area contributed by atoms with Gasteiger partial charge < -0.3 is 10.1 Å². The molecule has 0 unspecified atom stereocenters. The van der Waals surface area contributed by atoms with E-state index in [2.05, 4.69) is 32.2 Å². The summed E-state index contributed by atoms with van der Waals surface area (Å²) in [4.78, 5) is 26.4.